The second-order valence-corrected chi connectivity index (χ2v) is 6.70. The average Bonchev–Trinajstić information content (AvgIpc) is 2.99. The molecule has 3 unspecified atom stereocenters. The third kappa shape index (κ3) is 2.58. The predicted molar refractivity (Wildman–Crippen MR) is 88.8 cm³/mol. The van der Waals surface area contributed by atoms with Crippen LogP contribution in [0, 0.1) is 0 Å². The van der Waals surface area contributed by atoms with Gasteiger partial charge in [-0.2, -0.15) is 0 Å². The van der Waals surface area contributed by atoms with Crippen molar-refractivity contribution in [2.45, 2.75) is 31.3 Å². The van der Waals surface area contributed by atoms with Crippen molar-refractivity contribution in [1.29, 1.82) is 0 Å². The molecule has 24 heavy (non-hydrogen) atoms. The summed E-state index contributed by atoms with van der Waals surface area (Å²) >= 11 is 0. The Hall–Kier alpha value is -1.96. The van der Waals surface area contributed by atoms with Crippen molar-refractivity contribution in [3.63, 3.8) is 0 Å². The zero-order chi connectivity index (χ0) is 16.7. The van der Waals surface area contributed by atoms with E-state index >= 15 is 0 Å². The van der Waals surface area contributed by atoms with Gasteiger partial charge in [0.05, 0.1) is 0 Å². The smallest absolute Gasteiger partial charge is 0.310 e. The largest absolute Gasteiger partial charge is 0.325 e. The molecule has 2 N–H and O–H groups in total. The maximum atomic E-state index is 12.3. The molecule has 3 atom stereocenters. The first-order valence-corrected chi connectivity index (χ1v) is 8.52. The summed E-state index contributed by atoms with van der Waals surface area (Å²) < 4.78 is 0. The van der Waals surface area contributed by atoms with E-state index in [-0.39, 0.29) is 30.4 Å². The Morgan fingerprint density at radius 3 is 2.75 bits per heavy atom. The third-order valence-corrected chi connectivity index (χ3v) is 5.26. The molecule has 4 rings (SSSR count). The van der Waals surface area contributed by atoms with Crippen molar-refractivity contribution >= 4 is 11.9 Å². The molecule has 7 nitrogen and oxygen atoms in total. The number of carbonyl (C=O) groups is 2. The molecule has 0 spiro atoms. The van der Waals surface area contributed by atoms with Gasteiger partial charge in [-0.25, -0.2) is 4.79 Å². The first-order valence-electron chi connectivity index (χ1n) is 8.52. The fourth-order valence-corrected chi connectivity index (χ4v) is 3.99. The molecule has 1 aromatic carbocycles. The lowest BCUT2D eigenvalue weighted by atomic mass is 10.1. The second kappa shape index (κ2) is 6.16. The Bertz CT molecular complexity index is 637. The molecule has 7 heteroatoms. The van der Waals surface area contributed by atoms with Crippen LogP contribution in [0.4, 0.5) is 4.79 Å². The number of hydrogen-bond acceptors (Lipinski definition) is 5. The van der Waals surface area contributed by atoms with Gasteiger partial charge in [0.25, 0.3) is 0 Å². The number of nitrogens with zero attached hydrogens (tertiary/aromatic N) is 3. The van der Waals surface area contributed by atoms with Crippen molar-refractivity contribution in [3.8, 4) is 0 Å². The van der Waals surface area contributed by atoms with Gasteiger partial charge in [-0.1, -0.05) is 30.3 Å². The number of imide groups is 1. The summed E-state index contributed by atoms with van der Waals surface area (Å²) in [5.41, 5.74) is 1.31. The number of hydrogen-bond donors (Lipinski definition) is 2. The van der Waals surface area contributed by atoms with Crippen LogP contribution in [0.25, 0.3) is 0 Å². The van der Waals surface area contributed by atoms with Crippen LogP contribution in [0.3, 0.4) is 0 Å². The van der Waals surface area contributed by atoms with E-state index in [4.69, 9.17) is 0 Å². The summed E-state index contributed by atoms with van der Waals surface area (Å²) in [6, 6.07) is 9.80. The molecule has 128 valence electrons. The number of fused-ring (bicyclic) bond motifs is 3. The molecule has 0 aromatic heterocycles. The number of urea groups is 1. The number of likely N-dealkylation sites (N-methyl/N-ethyl adjacent to an activating group) is 1. The van der Waals surface area contributed by atoms with E-state index in [0.717, 1.165) is 32.5 Å². The summed E-state index contributed by atoms with van der Waals surface area (Å²) in [6.45, 7) is 2.80. The summed E-state index contributed by atoms with van der Waals surface area (Å²) in [4.78, 5) is 30.3. The van der Waals surface area contributed by atoms with E-state index in [9.17, 15) is 9.59 Å². The normalized spacial score (nSPS) is 30.9. The van der Waals surface area contributed by atoms with E-state index in [1.807, 2.05) is 6.07 Å². The fraction of sp³-hybridized carbons (Fsp3) is 0.529. The molecule has 0 bridgehead atoms. The van der Waals surface area contributed by atoms with Gasteiger partial charge in [0.15, 0.2) is 0 Å². The Kier molecular flexibility index (Phi) is 3.99. The van der Waals surface area contributed by atoms with Gasteiger partial charge in [-0.05, 0) is 18.4 Å². The van der Waals surface area contributed by atoms with Crippen LogP contribution in [-0.2, 0) is 11.2 Å². The average molecular weight is 329 g/mol. The van der Waals surface area contributed by atoms with Gasteiger partial charge in [-0.3, -0.25) is 25.2 Å². The molecule has 0 saturated carbocycles. The van der Waals surface area contributed by atoms with Crippen molar-refractivity contribution < 1.29 is 9.59 Å². The first kappa shape index (κ1) is 15.6. The van der Waals surface area contributed by atoms with E-state index in [1.54, 1.807) is 11.9 Å². The Morgan fingerprint density at radius 1 is 1.17 bits per heavy atom. The van der Waals surface area contributed by atoms with Crippen molar-refractivity contribution in [2.24, 2.45) is 0 Å². The van der Waals surface area contributed by atoms with Crippen LogP contribution in [0.5, 0.6) is 0 Å². The zero-order valence-corrected chi connectivity index (χ0v) is 13.8. The zero-order valence-electron chi connectivity index (χ0n) is 13.8. The van der Waals surface area contributed by atoms with Gasteiger partial charge < -0.3 is 4.90 Å². The predicted octanol–water partition coefficient (Wildman–Crippen LogP) is -0.0001000. The van der Waals surface area contributed by atoms with Gasteiger partial charge in [0, 0.05) is 26.7 Å². The summed E-state index contributed by atoms with van der Waals surface area (Å²) in [6.07, 6.45) is 1.76. The molecule has 3 amide bonds. The highest BCUT2D eigenvalue weighted by molar-refractivity contribution is 6.00. The van der Waals surface area contributed by atoms with E-state index < -0.39 is 0 Å². The van der Waals surface area contributed by atoms with Crippen molar-refractivity contribution in [2.75, 3.05) is 26.7 Å². The highest BCUT2D eigenvalue weighted by atomic mass is 16.2. The maximum absolute atomic E-state index is 12.3. The highest BCUT2D eigenvalue weighted by Crippen LogP contribution is 2.27. The van der Waals surface area contributed by atoms with Crippen molar-refractivity contribution in [1.82, 2.24) is 25.3 Å². The number of carbonyl (C=O) groups excluding carboxylic acids is 2. The number of rotatable bonds is 3. The fourth-order valence-electron chi connectivity index (χ4n) is 3.99. The number of nitrogens with one attached hydrogen (secondary N) is 2. The van der Waals surface area contributed by atoms with E-state index in [2.05, 4.69) is 44.7 Å². The van der Waals surface area contributed by atoms with Gasteiger partial charge >= 0.3 is 6.03 Å². The topological polar surface area (TPSA) is 67.9 Å². The molecule has 3 saturated heterocycles. The van der Waals surface area contributed by atoms with Crippen LogP contribution in [0.2, 0.25) is 0 Å². The third-order valence-electron chi connectivity index (χ3n) is 5.26. The summed E-state index contributed by atoms with van der Waals surface area (Å²) in [7, 11) is 1.74. The lowest BCUT2D eigenvalue weighted by molar-refractivity contribution is -0.129. The lowest BCUT2D eigenvalue weighted by Crippen LogP contribution is -2.65. The van der Waals surface area contributed by atoms with E-state index in [0.29, 0.717) is 0 Å². The molecular formula is C17H23N5O2. The van der Waals surface area contributed by atoms with Crippen molar-refractivity contribution in [3.05, 3.63) is 35.9 Å². The standard InChI is InChI=1S/C17H23N5O2/c1-20-14-13(15(23)19-17(20)24)22-10-5-9-21(16(22)18-14)11-8-12-6-3-2-4-7-12/h2-4,6-7,13-14,16,18H,5,8-11H2,1H3,(H,19,23,24). The first-order chi connectivity index (χ1) is 11.6. The van der Waals surface area contributed by atoms with Crippen LogP contribution in [0.1, 0.15) is 12.0 Å². The number of benzene rings is 1. The molecule has 3 fully saturated rings. The maximum Gasteiger partial charge on any atom is 0.325 e. The Labute approximate surface area is 141 Å². The second-order valence-electron chi connectivity index (χ2n) is 6.70. The van der Waals surface area contributed by atoms with E-state index in [1.165, 1.54) is 5.56 Å². The quantitative estimate of drug-likeness (QED) is 0.817. The van der Waals surface area contributed by atoms with Crippen LogP contribution < -0.4 is 10.6 Å². The lowest BCUT2D eigenvalue weighted by Gasteiger charge is -2.41. The molecule has 3 aliphatic rings. The molecule has 3 aliphatic heterocycles. The molecule has 3 heterocycles. The number of amides is 3. The monoisotopic (exact) mass is 329 g/mol. The summed E-state index contributed by atoms with van der Waals surface area (Å²) in [5.74, 6) is -0.192. The minimum absolute atomic E-state index is 0.0107. The van der Waals surface area contributed by atoms with Crippen LogP contribution >= 0.6 is 0 Å². The Balaban J connectivity index is 1.49. The molecule has 1 aromatic rings. The minimum Gasteiger partial charge on any atom is -0.310 e. The van der Waals surface area contributed by atoms with Crippen LogP contribution in [0.15, 0.2) is 30.3 Å². The van der Waals surface area contributed by atoms with Gasteiger partial charge in [0.1, 0.15) is 18.5 Å². The Morgan fingerprint density at radius 2 is 1.96 bits per heavy atom. The SMILES string of the molecule is CN1C(=O)NC(=O)C2C1NC1N(CCc3ccccc3)CCCN21. The van der Waals surface area contributed by atoms with Gasteiger partial charge in [0.2, 0.25) is 5.91 Å². The minimum atomic E-state index is -0.329. The summed E-state index contributed by atoms with van der Waals surface area (Å²) in [5, 5.41) is 5.94. The molecule has 0 radical (unpaired) electrons. The van der Waals surface area contributed by atoms with Crippen LogP contribution in [-0.4, -0.2) is 71.8 Å². The molecular weight excluding hydrogens is 306 g/mol. The highest BCUT2D eigenvalue weighted by Gasteiger charge is 2.53. The molecule has 0 aliphatic carbocycles. The van der Waals surface area contributed by atoms with Gasteiger partial charge in [-0.15, -0.1) is 0 Å².